The maximum Gasteiger partial charge on any atom is 0.0718 e. The lowest BCUT2D eigenvalue weighted by molar-refractivity contribution is 0.279. The van der Waals surface area contributed by atoms with Crippen molar-refractivity contribution in [3.05, 3.63) is 17.0 Å². The van der Waals surface area contributed by atoms with Gasteiger partial charge in [0.1, 0.15) is 0 Å². The summed E-state index contributed by atoms with van der Waals surface area (Å²) in [7, 11) is 0. The first-order valence-electron chi connectivity index (χ1n) is 6.08. The maximum absolute atomic E-state index is 9.23. The van der Waals surface area contributed by atoms with E-state index in [4.69, 9.17) is 0 Å². The monoisotopic (exact) mass is 223 g/mol. The predicted octanol–water partition coefficient (Wildman–Crippen LogP) is 1.09. The van der Waals surface area contributed by atoms with Gasteiger partial charge >= 0.3 is 0 Å². The quantitative estimate of drug-likeness (QED) is 0.830. The minimum atomic E-state index is 0.0986. The van der Waals surface area contributed by atoms with Crippen molar-refractivity contribution in [1.82, 2.24) is 14.7 Å². The van der Waals surface area contributed by atoms with Crippen LogP contribution in [-0.4, -0.2) is 39.4 Å². The Morgan fingerprint density at radius 3 is 2.44 bits per heavy atom. The molecule has 0 unspecified atom stereocenters. The second-order valence-corrected chi connectivity index (χ2v) is 4.58. The average molecular weight is 223 g/mol. The Morgan fingerprint density at radius 2 is 1.88 bits per heavy atom. The van der Waals surface area contributed by atoms with Crippen molar-refractivity contribution in [3.63, 3.8) is 0 Å². The molecule has 16 heavy (non-hydrogen) atoms. The minimum absolute atomic E-state index is 0.0986. The zero-order valence-electron chi connectivity index (χ0n) is 10.2. The van der Waals surface area contributed by atoms with Gasteiger partial charge in [-0.3, -0.25) is 4.68 Å². The Morgan fingerprint density at radius 1 is 1.19 bits per heavy atom. The molecule has 2 rings (SSSR count). The molecule has 0 atom stereocenters. The summed E-state index contributed by atoms with van der Waals surface area (Å²) >= 11 is 0. The smallest absolute Gasteiger partial charge is 0.0718 e. The molecular weight excluding hydrogens is 202 g/mol. The topological polar surface area (TPSA) is 41.3 Å². The normalized spacial score (nSPS) is 17.2. The van der Waals surface area contributed by atoms with Gasteiger partial charge in [-0.05, 0) is 39.8 Å². The van der Waals surface area contributed by atoms with E-state index in [9.17, 15) is 5.11 Å². The molecule has 0 amide bonds. The Hall–Kier alpha value is -0.870. The molecule has 1 aromatic rings. The minimum Gasteiger partial charge on any atom is -0.392 e. The predicted molar refractivity (Wildman–Crippen MR) is 63.3 cm³/mol. The van der Waals surface area contributed by atoms with E-state index in [0.717, 1.165) is 30.0 Å². The molecule has 0 radical (unpaired) electrons. The van der Waals surface area contributed by atoms with Crippen molar-refractivity contribution in [2.24, 2.45) is 0 Å². The Balaban J connectivity index is 1.98. The van der Waals surface area contributed by atoms with Gasteiger partial charge in [0.2, 0.25) is 0 Å². The molecule has 1 N–H and O–H groups in total. The molecule has 1 fully saturated rings. The van der Waals surface area contributed by atoms with Crippen molar-refractivity contribution < 1.29 is 5.11 Å². The van der Waals surface area contributed by atoms with Gasteiger partial charge in [0, 0.05) is 17.8 Å². The van der Waals surface area contributed by atoms with Gasteiger partial charge in [-0.15, -0.1) is 0 Å². The van der Waals surface area contributed by atoms with Crippen molar-refractivity contribution in [2.75, 3.05) is 19.6 Å². The van der Waals surface area contributed by atoms with Crippen LogP contribution >= 0.6 is 0 Å². The molecule has 90 valence electrons. The van der Waals surface area contributed by atoms with Crippen molar-refractivity contribution in [1.29, 1.82) is 0 Å². The van der Waals surface area contributed by atoms with E-state index in [2.05, 4.69) is 10.00 Å². The number of nitrogens with zero attached hydrogens (tertiary/aromatic N) is 3. The summed E-state index contributed by atoms with van der Waals surface area (Å²) in [4.78, 5) is 2.48. The molecule has 0 aliphatic carbocycles. The number of hydrogen-bond donors (Lipinski definition) is 1. The third-order valence-corrected chi connectivity index (χ3v) is 3.52. The van der Waals surface area contributed by atoms with Crippen LogP contribution < -0.4 is 0 Å². The van der Waals surface area contributed by atoms with Gasteiger partial charge in [0.05, 0.1) is 18.8 Å². The fraction of sp³-hybridized carbons (Fsp3) is 0.750. The maximum atomic E-state index is 9.23. The largest absolute Gasteiger partial charge is 0.392 e. The first kappa shape index (κ1) is 11.6. The average Bonchev–Trinajstić information content (AvgIpc) is 2.85. The first-order chi connectivity index (χ1) is 7.72. The van der Waals surface area contributed by atoms with Crippen LogP contribution in [0.4, 0.5) is 0 Å². The van der Waals surface area contributed by atoms with E-state index in [1.165, 1.54) is 25.9 Å². The molecule has 0 bridgehead atoms. The van der Waals surface area contributed by atoms with Crippen LogP contribution in [0.15, 0.2) is 0 Å². The lowest BCUT2D eigenvalue weighted by atomic mass is 10.2. The Labute approximate surface area is 96.9 Å². The Bertz CT molecular complexity index is 353. The molecule has 4 nitrogen and oxygen atoms in total. The fourth-order valence-corrected chi connectivity index (χ4v) is 2.42. The van der Waals surface area contributed by atoms with Crippen LogP contribution in [-0.2, 0) is 13.2 Å². The third kappa shape index (κ3) is 2.28. The molecule has 2 heterocycles. The number of rotatable bonds is 4. The number of aliphatic hydroxyl groups excluding tert-OH is 1. The summed E-state index contributed by atoms with van der Waals surface area (Å²) in [6, 6.07) is 0. The summed E-state index contributed by atoms with van der Waals surface area (Å²) in [6.07, 6.45) is 2.66. The number of aliphatic hydroxyl groups is 1. The first-order valence-corrected chi connectivity index (χ1v) is 6.08. The lowest BCUT2D eigenvalue weighted by Crippen LogP contribution is -2.24. The highest BCUT2D eigenvalue weighted by Gasteiger charge is 2.14. The molecule has 4 heteroatoms. The second-order valence-electron chi connectivity index (χ2n) is 4.58. The van der Waals surface area contributed by atoms with Crippen molar-refractivity contribution in [2.45, 2.75) is 39.8 Å². The van der Waals surface area contributed by atoms with Crippen LogP contribution in [0.1, 0.15) is 29.8 Å². The van der Waals surface area contributed by atoms with Gasteiger partial charge in [0.15, 0.2) is 0 Å². The van der Waals surface area contributed by atoms with Crippen LogP contribution in [0.2, 0.25) is 0 Å². The van der Waals surface area contributed by atoms with Crippen molar-refractivity contribution >= 4 is 0 Å². The van der Waals surface area contributed by atoms with E-state index in [1.54, 1.807) is 0 Å². The van der Waals surface area contributed by atoms with E-state index in [-0.39, 0.29) is 6.61 Å². The molecule has 1 saturated heterocycles. The summed E-state index contributed by atoms with van der Waals surface area (Å²) in [5.41, 5.74) is 3.06. The number of likely N-dealkylation sites (tertiary alicyclic amines) is 1. The summed E-state index contributed by atoms with van der Waals surface area (Å²) in [6.45, 7) is 8.57. The molecule has 0 aromatic carbocycles. The number of aryl methyl sites for hydroxylation is 1. The van der Waals surface area contributed by atoms with Gasteiger partial charge in [-0.25, -0.2) is 0 Å². The zero-order valence-corrected chi connectivity index (χ0v) is 10.2. The molecule has 1 aromatic heterocycles. The van der Waals surface area contributed by atoms with Crippen molar-refractivity contribution in [3.8, 4) is 0 Å². The van der Waals surface area contributed by atoms with E-state index >= 15 is 0 Å². The second kappa shape index (κ2) is 4.97. The van der Waals surface area contributed by atoms with Crippen LogP contribution in [0, 0.1) is 13.8 Å². The zero-order chi connectivity index (χ0) is 11.5. The molecule has 0 spiro atoms. The summed E-state index contributed by atoms with van der Waals surface area (Å²) < 4.78 is 2.03. The van der Waals surface area contributed by atoms with Crippen LogP contribution in [0.5, 0.6) is 0 Å². The van der Waals surface area contributed by atoms with Gasteiger partial charge in [-0.1, -0.05) is 0 Å². The van der Waals surface area contributed by atoms with Gasteiger partial charge in [0.25, 0.3) is 0 Å². The Kier molecular flexibility index (Phi) is 3.61. The van der Waals surface area contributed by atoms with Gasteiger partial charge in [-0.2, -0.15) is 5.10 Å². The van der Waals surface area contributed by atoms with E-state index in [0.29, 0.717) is 0 Å². The third-order valence-electron chi connectivity index (χ3n) is 3.52. The van der Waals surface area contributed by atoms with Crippen LogP contribution in [0.3, 0.4) is 0 Å². The summed E-state index contributed by atoms with van der Waals surface area (Å²) in [5.74, 6) is 0. The highest BCUT2D eigenvalue weighted by atomic mass is 16.3. The number of hydrogen-bond acceptors (Lipinski definition) is 3. The highest BCUT2D eigenvalue weighted by molar-refractivity contribution is 5.23. The molecule has 1 aliphatic rings. The van der Waals surface area contributed by atoms with E-state index < -0.39 is 0 Å². The standard InChI is InChI=1S/C12H21N3O/c1-10-12(9-16)11(2)15(13-10)8-7-14-5-3-4-6-14/h16H,3-9H2,1-2H3. The highest BCUT2D eigenvalue weighted by Crippen LogP contribution is 2.13. The summed E-state index contributed by atoms with van der Waals surface area (Å²) in [5, 5.41) is 13.7. The van der Waals surface area contributed by atoms with Crippen LogP contribution in [0.25, 0.3) is 0 Å². The molecule has 1 aliphatic heterocycles. The SMILES string of the molecule is Cc1nn(CCN2CCCC2)c(C)c1CO. The number of aromatic nitrogens is 2. The fourth-order valence-electron chi connectivity index (χ4n) is 2.42. The lowest BCUT2D eigenvalue weighted by Gasteiger charge is -2.14. The molecule has 0 saturated carbocycles. The van der Waals surface area contributed by atoms with E-state index in [1.807, 2.05) is 18.5 Å². The molecular formula is C12H21N3O. The van der Waals surface area contributed by atoms with Gasteiger partial charge < -0.3 is 10.0 Å².